The Morgan fingerprint density at radius 3 is 2.70 bits per heavy atom. The summed E-state index contributed by atoms with van der Waals surface area (Å²) in [6, 6.07) is 0. The number of aliphatic hydroxyl groups is 1. The number of carboxylic acid groups (broad SMARTS) is 1. The van der Waals surface area contributed by atoms with E-state index in [1.807, 2.05) is 6.08 Å². The molecule has 5 atom stereocenters. The number of aliphatic carboxylic acids is 1. The highest BCUT2D eigenvalue weighted by Crippen LogP contribution is 2.45. The van der Waals surface area contributed by atoms with Crippen molar-refractivity contribution in [2.24, 2.45) is 23.2 Å². The van der Waals surface area contributed by atoms with Crippen LogP contribution in [-0.4, -0.2) is 41.8 Å². The van der Waals surface area contributed by atoms with E-state index in [-0.39, 0.29) is 36.8 Å². The quantitative estimate of drug-likeness (QED) is 0.367. The molecule has 0 aromatic rings. The monoisotopic (exact) mass is 326 g/mol. The topological polar surface area (TPSA) is 76.0 Å². The molecular formula is C18H30O5. The van der Waals surface area contributed by atoms with Gasteiger partial charge in [-0.1, -0.05) is 39.3 Å². The van der Waals surface area contributed by atoms with E-state index in [0.717, 1.165) is 19.3 Å². The highest BCUT2D eigenvalue weighted by molar-refractivity contribution is 5.72. The molecule has 2 aliphatic carbocycles. The van der Waals surface area contributed by atoms with Crippen LogP contribution in [0.1, 0.15) is 46.5 Å². The number of fused-ring (bicyclic) bond motifs is 2. The van der Waals surface area contributed by atoms with Gasteiger partial charge < -0.3 is 19.7 Å². The van der Waals surface area contributed by atoms with Gasteiger partial charge in [-0.2, -0.15) is 0 Å². The Bertz CT molecular complexity index is 431. The third kappa shape index (κ3) is 4.78. The largest absolute Gasteiger partial charge is 0.481 e. The van der Waals surface area contributed by atoms with E-state index in [4.69, 9.17) is 9.47 Å². The van der Waals surface area contributed by atoms with Crippen molar-refractivity contribution in [3.05, 3.63) is 12.2 Å². The smallest absolute Gasteiger partial charge is 0.309 e. The third-order valence-electron chi connectivity index (χ3n) is 5.44. The van der Waals surface area contributed by atoms with E-state index in [2.05, 4.69) is 26.8 Å². The molecule has 23 heavy (non-hydrogen) atoms. The average molecular weight is 326 g/mol. The molecule has 0 amide bonds. The minimum Gasteiger partial charge on any atom is -0.481 e. The first-order chi connectivity index (χ1) is 10.8. The summed E-state index contributed by atoms with van der Waals surface area (Å²) in [5.74, 6) is -0.998. The number of carboxylic acids is 1. The number of allylic oxidation sites excluding steroid dienone is 1. The molecule has 5 unspecified atom stereocenters. The van der Waals surface area contributed by atoms with Crippen LogP contribution >= 0.6 is 0 Å². The van der Waals surface area contributed by atoms with Crippen LogP contribution in [0.4, 0.5) is 0 Å². The van der Waals surface area contributed by atoms with Crippen molar-refractivity contribution in [1.29, 1.82) is 0 Å². The standard InChI is InChI=1S/C18H30O5/c1-4-18(2,3)8-7-14(19)10-22-11-23-16-13-6-5-12(9-13)15(16)17(20)21/h5-6,12-16,19H,4,7-11H2,1-3H3,(H,20,21). The Balaban J connectivity index is 1.65. The van der Waals surface area contributed by atoms with E-state index >= 15 is 0 Å². The predicted molar refractivity (Wildman–Crippen MR) is 86.9 cm³/mol. The normalized spacial score (nSPS) is 30.8. The fourth-order valence-corrected chi connectivity index (χ4v) is 3.46. The van der Waals surface area contributed by atoms with Crippen LogP contribution in [0.15, 0.2) is 12.2 Å². The van der Waals surface area contributed by atoms with E-state index in [1.165, 1.54) is 0 Å². The van der Waals surface area contributed by atoms with Crippen LogP contribution in [0.2, 0.25) is 0 Å². The van der Waals surface area contributed by atoms with Crippen molar-refractivity contribution in [1.82, 2.24) is 0 Å². The van der Waals surface area contributed by atoms with E-state index in [1.54, 1.807) is 0 Å². The summed E-state index contributed by atoms with van der Waals surface area (Å²) in [5.41, 5.74) is 0.238. The zero-order valence-corrected chi connectivity index (χ0v) is 14.4. The maximum Gasteiger partial charge on any atom is 0.309 e. The fourth-order valence-electron chi connectivity index (χ4n) is 3.46. The summed E-state index contributed by atoms with van der Waals surface area (Å²) in [4.78, 5) is 11.4. The molecule has 0 aromatic heterocycles. The molecule has 0 aromatic carbocycles. The van der Waals surface area contributed by atoms with Crippen LogP contribution in [0.25, 0.3) is 0 Å². The SMILES string of the molecule is CCC(C)(C)CCC(O)COCOC1C2C=CC(C2)C1C(=O)O. The van der Waals surface area contributed by atoms with Crippen LogP contribution in [0.5, 0.6) is 0 Å². The first-order valence-electron chi connectivity index (χ1n) is 8.62. The minimum atomic E-state index is -0.798. The molecule has 1 saturated carbocycles. The molecule has 2 N–H and O–H groups in total. The Morgan fingerprint density at radius 1 is 1.35 bits per heavy atom. The summed E-state index contributed by atoms with van der Waals surface area (Å²) in [5, 5.41) is 19.3. The fraction of sp³-hybridized carbons (Fsp3) is 0.833. The molecule has 132 valence electrons. The van der Waals surface area contributed by atoms with Crippen molar-refractivity contribution in [2.75, 3.05) is 13.4 Å². The van der Waals surface area contributed by atoms with Gasteiger partial charge in [0.05, 0.1) is 24.7 Å². The zero-order valence-electron chi connectivity index (χ0n) is 14.4. The van der Waals surface area contributed by atoms with Crippen molar-refractivity contribution in [3.8, 4) is 0 Å². The number of ether oxygens (including phenoxy) is 2. The molecule has 0 aliphatic heterocycles. The first-order valence-corrected chi connectivity index (χ1v) is 8.62. The van der Waals surface area contributed by atoms with Gasteiger partial charge in [-0.05, 0) is 30.6 Å². The molecule has 0 heterocycles. The molecule has 0 spiro atoms. The highest BCUT2D eigenvalue weighted by atomic mass is 16.7. The zero-order chi connectivity index (χ0) is 17.0. The van der Waals surface area contributed by atoms with Gasteiger partial charge in [0.2, 0.25) is 0 Å². The third-order valence-corrected chi connectivity index (χ3v) is 5.44. The summed E-state index contributed by atoms with van der Waals surface area (Å²) < 4.78 is 11.1. The molecule has 1 fully saturated rings. The first kappa shape index (κ1) is 18.4. The van der Waals surface area contributed by atoms with E-state index in [0.29, 0.717) is 6.42 Å². The number of rotatable bonds is 10. The molecule has 2 aliphatic rings. The van der Waals surface area contributed by atoms with Crippen molar-refractivity contribution < 1.29 is 24.5 Å². The van der Waals surface area contributed by atoms with Crippen molar-refractivity contribution in [3.63, 3.8) is 0 Å². The second kappa shape index (κ2) is 7.77. The van der Waals surface area contributed by atoms with Crippen LogP contribution in [-0.2, 0) is 14.3 Å². The molecule has 0 radical (unpaired) electrons. The van der Waals surface area contributed by atoms with Gasteiger partial charge in [-0.15, -0.1) is 0 Å². The maximum absolute atomic E-state index is 11.4. The Hall–Kier alpha value is -0.910. The van der Waals surface area contributed by atoms with Crippen molar-refractivity contribution in [2.45, 2.75) is 58.7 Å². The van der Waals surface area contributed by atoms with Gasteiger partial charge >= 0.3 is 5.97 Å². The molecular weight excluding hydrogens is 296 g/mol. The van der Waals surface area contributed by atoms with Crippen LogP contribution in [0.3, 0.4) is 0 Å². The van der Waals surface area contributed by atoms with Gasteiger partial charge in [0.15, 0.2) is 0 Å². The average Bonchev–Trinajstić information content (AvgIpc) is 3.10. The second-order valence-electron chi connectivity index (χ2n) is 7.64. The van der Waals surface area contributed by atoms with Crippen molar-refractivity contribution >= 4 is 5.97 Å². The Labute approximate surface area is 138 Å². The van der Waals surface area contributed by atoms with E-state index < -0.39 is 18.0 Å². The van der Waals surface area contributed by atoms with E-state index in [9.17, 15) is 15.0 Å². The second-order valence-corrected chi connectivity index (χ2v) is 7.64. The van der Waals surface area contributed by atoms with Gasteiger partial charge in [-0.3, -0.25) is 4.79 Å². The predicted octanol–water partition coefficient (Wildman–Crippen LogP) is 2.83. The summed E-state index contributed by atoms with van der Waals surface area (Å²) in [6.45, 7) is 6.81. The minimum absolute atomic E-state index is 0.0414. The van der Waals surface area contributed by atoms with Gasteiger partial charge in [0.25, 0.3) is 0 Å². The molecule has 0 saturated heterocycles. The lowest BCUT2D eigenvalue weighted by Gasteiger charge is -2.26. The summed E-state index contributed by atoms with van der Waals surface area (Å²) in [6.07, 6.45) is 6.83. The lowest BCUT2D eigenvalue weighted by Crippen LogP contribution is -2.34. The number of aliphatic hydroxyl groups excluding tert-OH is 1. The molecule has 2 rings (SSSR count). The van der Waals surface area contributed by atoms with Gasteiger partial charge in [0, 0.05) is 5.92 Å². The number of carbonyl (C=O) groups is 1. The van der Waals surface area contributed by atoms with Crippen LogP contribution in [0, 0.1) is 23.2 Å². The maximum atomic E-state index is 11.4. The molecule has 5 nitrogen and oxygen atoms in total. The summed E-state index contributed by atoms with van der Waals surface area (Å²) in [7, 11) is 0. The molecule has 5 heteroatoms. The lowest BCUT2D eigenvalue weighted by atomic mass is 9.84. The Kier molecular flexibility index (Phi) is 6.23. The molecule has 2 bridgehead atoms. The van der Waals surface area contributed by atoms with Crippen LogP contribution < -0.4 is 0 Å². The number of hydrogen-bond donors (Lipinski definition) is 2. The Morgan fingerprint density at radius 2 is 2.04 bits per heavy atom. The number of hydrogen-bond acceptors (Lipinski definition) is 4. The van der Waals surface area contributed by atoms with Gasteiger partial charge in [-0.25, -0.2) is 0 Å². The lowest BCUT2D eigenvalue weighted by molar-refractivity contribution is -0.158. The summed E-state index contributed by atoms with van der Waals surface area (Å²) >= 11 is 0. The highest BCUT2D eigenvalue weighted by Gasteiger charge is 2.49. The van der Waals surface area contributed by atoms with Gasteiger partial charge in [0.1, 0.15) is 6.79 Å².